The minimum absolute atomic E-state index is 0.281. The molecule has 39 heavy (non-hydrogen) atoms. The van der Waals surface area contributed by atoms with Gasteiger partial charge in [-0.25, -0.2) is 0 Å². The minimum atomic E-state index is -6.06. The van der Waals surface area contributed by atoms with E-state index in [2.05, 4.69) is 0 Å². The standard InChI is InChI=1S/C21H24F12O6/c22-18(23,24)16(36,19(25,26)27)5-1-7-38-14(34)12-10-3-4-11(9-10)13(12)15(35)39-8-2-6-17(37,20(28,29)30)21(31,32)33/h10-13,36-37H,1-9H2. The molecule has 0 heterocycles. The van der Waals surface area contributed by atoms with Gasteiger partial charge in [0.25, 0.3) is 11.2 Å². The molecule has 0 saturated heterocycles. The molecule has 0 radical (unpaired) electrons. The van der Waals surface area contributed by atoms with Crippen molar-refractivity contribution in [1.82, 2.24) is 0 Å². The number of hydrogen-bond donors (Lipinski definition) is 2. The third-order valence-corrected chi connectivity index (χ3v) is 7.19. The molecule has 2 fully saturated rings. The van der Waals surface area contributed by atoms with Gasteiger partial charge in [0.15, 0.2) is 0 Å². The third-order valence-electron chi connectivity index (χ3n) is 7.19. The van der Waals surface area contributed by atoms with Crippen LogP contribution in [0.15, 0.2) is 0 Å². The van der Waals surface area contributed by atoms with Crippen LogP contribution in [0.3, 0.4) is 0 Å². The van der Waals surface area contributed by atoms with Crippen LogP contribution in [-0.4, -0.2) is 71.3 Å². The summed E-state index contributed by atoms with van der Waals surface area (Å²) in [5.41, 5.74) is -10.1. The van der Waals surface area contributed by atoms with Crippen LogP contribution in [0.1, 0.15) is 44.9 Å². The van der Waals surface area contributed by atoms with E-state index in [1.165, 1.54) is 0 Å². The van der Waals surface area contributed by atoms with Crippen molar-refractivity contribution in [2.24, 2.45) is 23.7 Å². The van der Waals surface area contributed by atoms with Gasteiger partial charge < -0.3 is 19.7 Å². The first kappa shape index (κ1) is 33.2. The lowest BCUT2D eigenvalue weighted by atomic mass is 9.79. The van der Waals surface area contributed by atoms with E-state index in [0.717, 1.165) is 0 Å². The second-order valence-electron chi connectivity index (χ2n) is 9.64. The van der Waals surface area contributed by atoms with E-state index in [4.69, 9.17) is 19.7 Å². The molecule has 4 atom stereocenters. The van der Waals surface area contributed by atoms with Crippen molar-refractivity contribution in [2.45, 2.75) is 80.9 Å². The summed E-state index contributed by atoms with van der Waals surface area (Å²) in [6.07, 6.45) is -29.0. The summed E-state index contributed by atoms with van der Waals surface area (Å²) in [5.74, 6) is -5.78. The molecular weight excluding hydrogens is 576 g/mol. The van der Waals surface area contributed by atoms with Crippen LogP contribution in [0.4, 0.5) is 52.7 Å². The molecule has 2 rings (SSSR count). The van der Waals surface area contributed by atoms with Gasteiger partial charge in [-0.15, -0.1) is 0 Å². The largest absolute Gasteiger partial charge is 0.465 e. The van der Waals surface area contributed by atoms with E-state index >= 15 is 0 Å². The van der Waals surface area contributed by atoms with Crippen LogP contribution >= 0.6 is 0 Å². The number of hydrogen-bond acceptors (Lipinski definition) is 6. The maximum absolute atomic E-state index is 12.7. The number of halogens is 12. The summed E-state index contributed by atoms with van der Waals surface area (Å²) < 4.78 is 162. The maximum atomic E-state index is 12.7. The van der Waals surface area contributed by atoms with E-state index in [1.54, 1.807) is 0 Å². The Morgan fingerprint density at radius 3 is 1.13 bits per heavy atom. The Labute approximate surface area is 212 Å². The molecule has 228 valence electrons. The molecule has 2 aliphatic rings. The highest BCUT2D eigenvalue weighted by molar-refractivity contribution is 5.83. The fourth-order valence-corrected chi connectivity index (χ4v) is 5.05. The minimum Gasteiger partial charge on any atom is -0.465 e. The van der Waals surface area contributed by atoms with Crippen LogP contribution in [0, 0.1) is 23.7 Å². The molecule has 6 nitrogen and oxygen atoms in total. The number of rotatable bonds is 10. The lowest BCUT2D eigenvalue weighted by molar-refractivity contribution is -0.370. The van der Waals surface area contributed by atoms with Gasteiger partial charge in [0.2, 0.25) is 0 Å². The van der Waals surface area contributed by atoms with Crippen molar-refractivity contribution >= 4 is 11.9 Å². The predicted molar refractivity (Wildman–Crippen MR) is 102 cm³/mol. The highest BCUT2D eigenvalue weighted by atomic mass is 19.4. The molecular formula is C21H24F12O6. The topological polar surface area (TPSA) is 93.1 Å². The summed E-state index contributed by atoms with van der Waals surface area (Å²) in [7, 11) is 0. The van der Waals surface area contributed by atoms with Crippen molar-refractivity contribution in [2.75, 3.05) is 13.2 Å². The third kappa shape index (κ3) is 6.68. The van der Waals surface area contributed by atoms with Crippen molar-refractivity contribution < 1.29 is 82.0 Å². The second-order valence-corrected chi connectivity index (χ2v) is 9.64. The number of carbonyl (C=O) groups is 2. The first-order valence-electron chi connectivity index (χ1n) is 11.5. The van der Waals surface area contributed by atoms with Crippen LogP contribution in [0.25, 0.3) is 0 Å². The molecule has 0 aliphatic heterocycles. The van der Waals surface area contributed by atoms with E-state index in [9.17, 15) is 62.3 Å². The van der Waals surface area contributed by atoms with Crippen molar-refractivity contribution in [3.05, 3.63) is 0 Å². The fourth-order valence-electron chi connectivity index (χ4n) is 5.05. The van der Waals surface area contributed by atoms with Gasteiger partial charge in [-0.05, 0) is 56.8 Å². The number of alkyl halides is 12. The average Bonchev–Trinajstić information content (AvgIpc) is 3.37. The average molecular weight is 600 g/mol. The number of carbonyl (C=O) groups excluding carboxylic acids is 2. The molecule has 2 saturated carbocycles. The number of ether oxygens (including phenoxy) is 2. The molecule has 2 bridgehead atoms. The number of aliphatic hydroxyl groups is 2. The number of fused-ring (bicyclic) bond motifs is 2. The van der Waals surface area contributed by atoms with Crippen LogP contribution in [0.2, 0.25) is 0 Å². The predicted octanol–water partition coefficient (Wildman–Crippen LogP) is 5.01. The van der Waals surface area contributed by atoms with Gasteiger partial charge in [-0.1, -0.05) is 0 Å². The molecule has 0 aromatic rings. The van der Waals surface area contributed by atoms with Gasteiger partial charge in [-0.3, -0.25) is 9.59 Å². The van der Waals surface area contributed by atoms with E-state index in [0.29, 0.717) is 12.8 Å². The van der Waals surface area contributed by atoms with Crippen molar-refractivity contribution in [3.63, 3.8) is 0 Å². The van der Waals surface area contributed by atoms with E-state index < -0.39 is 110 Å². The van der Waals surface area contributed by atoms with E-state index in [1.807, 2.05) is 0 Å². The smallest absolute Gasteiger partial charge is 0.426 e. The van der Waals surface area contributed by atoms with Gasteiger partial charge in [-0.2, -0.15) is 52.7 Å². The molecule has 4 unspecified atom stereocenters. The van der Waals surface area contributed by atoms with Gasteiger partial charge >= 0.3 is 36.6 Å². The number of esters is 2. The van der Waals surface area contributed by atoms with E-state index in [-0.39, 0.29) is 6.42 Å². The Morgan fingerprint density at radius 1 is 0.590 bits per heavy atom. The normalized spacial score (nSPS) is 24.7. The van der Waals surface area contributed by atoms with Crippen LogP contribution in [0.5, 0.6) is 0 Å². The summed E-state index contributed by atoms with van der Waals surface area (Å²) in [6.45, 7) is -1.95. The molecule has 0 aromatic heterocycles. The maximum Gasteiger partial charge on any atom is 0.426 e. The summed E-state index contributed by atoms with van der Waals surface area (Å²) >= 11 is 0. The Hall–Kier alpha value is -1.98. The van der Waals surface area contributed by atoms with Gasteiger partial charge in [0.1, 0.15) is 0 Å². The molecule has 2 aliphatic carbocycles. The summed E-state index contributed by atoms with van der Waals surface area (Å²) in [6, 6.07) is 0. The second kappa shape index (κ2) is 11.1. The van der Waals surface area contributed by atoms with Crippen LogP contribution in [-0.2, 0) is 19.1 Å². The summed E-state index contributed by atoms with van der Waals surface area (Å²) in [4.78, 5) is 25.1. The quantitative estimate of drug-likeness (QED) is 0.208. The molecule has 0 amide bonds. The zero-order valence-corrected chi connectivity index (χ0v) is 19.7. The van der Waals surface area contributed by atoms with Crippen molar-refractivity contribution in [1.29, 1.82) is 0 Å². The van der Waals surface area contributed by atoms with Gasteiger partial charge in [0, 0.05) is 0 Å². The Kier molecular flexibility index (Phi) is 9.48. The zero-order valence-electron chi connectivity index (χ0n) is 19.7. The zero-order chi connectivity index (χ0) is 30.2. The Bertz CT molecular complexity index is 781. The fraction of sp³-hybridized carbons (Fsp3) is 0.905. The monoisotopic (exact) mass is 600 g/mol. The lowest BCUT2D eigenvalue weighted by Crippen LogP contribution is -2.56. The molecule has 0 aromatic carbocycles. The SMILES string of the molecule is O=C(OCCCC(O)(C(F)(F)F)C(F)(F)F)C1C2CCC(C2)C1C(=O)OCCCC(O)(C(F)(F)F)C(F)(F)F. The highest BCUT2D eigenvalue weighted by Crippen LogP contribution is 2.53. The molecule has 2 N–H and O–H groups in total. The van der Waals surface area contributed by atoms with Gasteiger partial charge in [0.05, 0.1) is 25.0 Å². The first-order chi connectivity index (χ1) is 17.5. The lowest BCUT2D eigenvalue weighted by Gasteiger charge is -2.32. The molecule has 18 heteroatoms. The molecule has 0 spiro atoms. The Morgan fingerprint density at radius 2 is 0.872 bits per heavy atom. The van der Waals surface area contributed by atoms with Crippen molar-refractivity contribution in [3.8, 4) is 0 Å². The summed E-state index contributed by atoms with van der Waals surface area (Å²) in [5, 5.41) is 18.2. The first-order valence-corrected chi connectivity index (χ1v) is 11.5. The van der Waals surface area contributed by atoms with Crippen LogP contribution < -0.4 is 0 Å². The Balaban J connectivity index is 1.95. The highest BCUT2D eigenvalue weighted by Gasteiger charge is 2.70.